The molecule has 0 aromatic heterocycles. The normalized spacial score (nSPS) is 12.5. The number of benzene rings is 4. The summed E-state index contributed by atoms with van der Waals surface area (Å²) in [6, 6.07) is 25.6. The molecule has 2 amide bonds. The van der Waals surface area contributed by atoms with Gasteiger partial charge < -0.3 is 15.0 Å². The topological polar surface area (TPSA) is 96.0 Å². The van der Waals surface area contributed by atoms with Gasteiger partial charge in [0.15, 0.2) is 0 Å². The number of methoxy groups -OCH3 is 1. The van der Waals surface area contributed by atoms with E-state index in [1.165, 1.54) is 84.8 Å². The van der Waals surface area contributed by atoms with E-state index in [1.807, 2.05) is 44.2 Å². The van der Waals surface area contributed by atoms with Gasteiger partial charge in [-0.25, -0.2) is 12.8 Å². The second kappa shape index (κ2) is 15.7. The van der Waals surface area contributed by atoms with Crippen molar-refractivity contribution in [2.75, 3.05) is 18.0 Å². The first kappa shape index (κ1) is 34.5. The predicted molar refractivity (Wildman–Crippen MR) is 178 cm³/mol. The Morgan fingerprint density at radius 3 is 2.11 bits per heavy atom. The van der Waals surface area contributed by atoms with Crippen LogP contribution in [0.1, 0.15) is 31.4 Å². The summed E-state index contributed by atoms with van der Waals surface area (Å²) >= 11 is 6.12. The van der Waals surface area contributed by atoms with Crippen LogP contribution in [0, 0.1) is 5.82 Å². The second-order valence-electron chi connectivity index (χ2n) is 10.8. The third-order valence-electron chi connectivity index (χ3n) is 7.58. The molecular formula is C35H37ClFN3O5S. The molecule has 4 rings (SSSR count). The Balaban J connectivity index is 1.80. The van der Waals surface area contributed by atoms with E-state index in [9.17, 15) is 22.4 Å². The molecule has 1 N–H and O–H groups in total. The summed E-state index contributed by atoms with van der Waals surface area (Å²) in [6.07, 6.45) is 0.836. The maximum absolute atomic E-state index is 14.5. The van der Waals surface area contributed by atoms with Crippen LogP contribution in [0.15, 0.2) is 108 Å². The highest BCUT2D eigenvalue weighted by molar-refractivity contribution is 7.92. The van der Waals surface area contributed by atoms with Gasteiger partial charge in [-0.05, 0) is 85.1 Å². The van der Waals surface area contributed by atoms with Gasteiger partial charge in [0.1, 0.15) is 24.2 Å². The standard InChI is InChI=1S/C35H37ClFN3O5S/c1-4-25(2)38-35(42)33(22-26-8-6-5-7-9-26)39(23-27-10-14-29(37)15-11-27)34(41)24-40(30-16-12-28(36)13-17-30)46(43,44)32-20-18-31(45-3)19-21-32/h5-21,25,33H,4,22-24H2,1-3H3,(H,38,42)/t25-,33+/m0/s1. The molecular weight excluding hydrogens is 629 g/mol. The molecule has 0 aliphatic rings. The zero-order chi connectivity index (χ0) is 33.3. The van der Waals surface area contributed by atoms with Crippen molar-refractivity contribution in [1.29, 1.82) is 0 Å². The lowest BCUT2D eigenvalue weighted by Crippen LogP contribution is -2.54. The minimum absolute atomic E-state index is 0.0588. The van der Waals surface area contributed by atoms with Crippen LogP contribution in [-0.2, 0) is 32.6 Å². The number of nitrogens with one attached hydrogen (secondary N) is 1. The Morgan fingerprint density at radius 1 is 0.891 bits per heavy atom. The third-order valence-corrected chi connectivity index (χ3v) is 9.62. The number of hydrogen-bond acceptors (Lipinski definition) is 5. The van der Waals surface area contributed by atoms with Gasteiger partial charge in [-0.1, -0.05) is 61.0 Å². The van der Waals surface area contributed by atoms with Crippen LogP contribution in [0.2, 0.25) is 5.02 Å². The van der Waals surface area contributed by atoms with Gasteiger partial charge in [0.25, 0.3) is 10.0 Å². The third kappa shape index (κ3) is 8.86. The minimum Gasteiger partial charge on any atom is -0.497 e. The number of carbonyl (C=O) groups is 2. The Bertz CT molecular complexity index is 1700. The minimum atomic E-state index is -4.29. The Kier molecular flexibility index (Phi) is 11.8. The fourth-order valence-corrected chi connectivity index (χ4v) is 6.33. The zero-order valence-electron chi connectivity index (χ0n) is 25.9. The van der Waals surface area contributed by atoms with Gasteiger partial charge in [-0.2, -0.15) is 0 Å². The van der Waals surface area contributed by atoms with Gasteiger partial charge >= 0.3 is 0 Å². The molecule has 0 saturated carbocycles. The lowest BCUT2D eigenvalue weighted by atomic mass is 10.0. The van der Waals surface area contributed by atoms with Crippen molar-refractivity contribution in [3.8, 4) is 5.75 Å². The molecule has 11 heteroatoms. The van der Waals surface area contributed by atoms with E-state index in [0.29, 0.717) is 22.8 Å². The SMILES string of the molecule is CC[C@H](C)NC(=O)[C@@H](Cc1ccccc1)N(Cc1ccc(F)cc1)C(=O)CN(c1ccc(Cl)cc1)S(=O)(=O)c1ccc(OC)cc1. The number of amides is 2. The van der Waals surface area contributed by atoms with E-state index >= 15 is 0 Å². The summed E-state index contributed by atoms with van der Waals surface area (Å²) in [6.45, 7) is 3.11. The molecule has 2 atom stereocenters. The van der Waals surface area contributed by atoms with Crippen molar-refractivity contribution >= 4 is 39.1 Å². The Morgan fingerprint density at radius 2 is 1.52 bits per heavy atom. The summed E-state index contributed by atoms with van der Waals surface area (Å²) in [5, 5.41) is 3.38. The van der Waals surface area contributed by atoms with Crippen LogP contribution in [-0.4, -0.2) is 50.9 Å². The fourth-order valence-electron chi connectivity index (χ4n) is 4.79. The zero-order valence-corrected chi connectivity index (χ0v) is 27.5. The quantitative estimate of drug-likeness (QED) is 0.172. The number of nitrogens with zero attached hydrogens (tertiary/aromatic N) is 2. The lowest BCUT2D eigenvalue weighted by molar-refractivity contribution is -0.140. The van der Waals surface area contributed by atoms with E-state index in [1.54, 1.807) is 0 Å². The maximum Gasteiger partial charge on any atom is 0.264 e. The van der Waals surface area contributed by atoms with E-state index in [0.717, 1.165) is 9.87 Å². The van der Waals surface area contributed by atoms with Crippen LogP contribution in [0.25, 0.3) is 0 Å². The van der Waals surface area contributed by atoms with Gasteiger partial charge in [0.2, 0.25) is 11.8 Å². The van der Waals surface area contributed by atoms with Gasteiger partial charge in [0.05, 0.1) is 17.7 Å². The second-order valence-corrected chi connectivity index (χ2v) is 13.1. The highest BCUT2D eigenvalue weighted by Gasteiger charge is 2.35. The summed E-state index contributed by atoms with van der Waals surface area (Å²) in [7, 11) is -2.82. The van der Waals surface area contributed by atoms with Gasteiger partial charge in [0, 0.05) is 24.0 Å². The van der Waals surface area contributed by atoms with Crippen LogP contribution in [0.4, 0.5) is 10.1 Å². The van der Waals surface area contributed by atoms with Crippen molar-refractivity contribution in [3.63, 3.8) is 0 Å². The molecule has 0 unspecified atom stereocenters. The summed E-state index contributed by atoms with van der Waals surface area (Å²) in [5.74, 6) is -0.993. The number of hydrogen-bond donors (Lipinski definition) is 1. The highest BCUT2D eigenvalue weighted by atomic mass is 35.5. The van der Waals surface area contributed by atoms with Crippen LogP contribution < -0.4 is 14.4 Å². The molecule has 0 bridgehead atoms. The first-order chi connectivity index (χ1) is 22.0. The molecule has 4 aromatic rings. The molecule has 0 fully saturated rings. The van der Waals surface area contributed by atoms with E-state index < -0.39 is 34.3 Å². The summed E-state index contributed by atoms with van der Waals surface area (Å²) in [5.41, 5.74) is 1.59. The molecule has 0 radical (unpaired) electrons. The first-order valence-corrected chi connectivity index (χ1v) is 16.6. The van der Waals surface area contributed by atoms with Gasteiger partial charge in [-0.3, -0.25) is 13.9 Å². The average molecular weight is 666 g/mol. The molecule has 0 saturated heterocycles. The summed E-state index contributed by atoms with van der Waals surface area (Å²) in [4.78, 5) is 29.6. The monoisotopic (exact) mass is 665 g/mol. The van der Waals surface area contributed by atoms with Crippen molar-refractivity contribution in [2.24, 2.45) is 0 Å². The summed E-state index contributed by atoms with van der Waals surface area (Å²) < 4.78 is 48.2. The van der Waals surface area contributed by atoms with E-state index in [4.69, 9.17) is 16.3 Å². The molecule has 0 heterocycles. The highest BCUT2D eigenvalue weighted by Crippen LogP contribution is 2.27. The smallest absolute Gasteiger partial charge is 0.264 e. The van der Waals surface area contributed by atoms with Crippen molar-refractivity contribution in [2.45, 2.75) is 50.2 Å². The number of carbonyl (C=O) groups excluding carboxylic acids is 2. The van der Waals surface area contributed by atoms with Gasteiger partial charge in [-0.15, -0.1) is 0 Å². The van der Waals surface area contributed by atoms with Crippen LogP contribution in [0.3, 0.4) is 0 Å². The number of anilines is 1. The van der Waals surface area contributed by atoms with Crippen LogP contribution >= 0.6 is 11.6 Å². The lowest BCUT2D eigenvalue weighted by Gasteiger charge is -2.34. The number of rotatable bonds is 14. The number of sulfonamides is 1. The van der Waals surface area contributed by atoms with Crippen molar-refractivity contribution < 1.29 is 27.1 Å². The fraction of sp³-hybridized carbons (Fsp3) is 0.257. The molecule has 0 aliphatic heterocycles. The largest absolute Gasteiger partial charge is 0.497 e. The Hall–Kier alpha value is -4.41. The van der Waals surface area contributed by atoms with Crippen LogP contribution in [0.5, 0.6) is 5.75 Å². The molecule has 0 aliphatic carbocycles. The average Bonchev–Trinajstić information content (AvgIpc) is 3.06. The van der Waals surface area contributed by atoms with Crippen molar-refractivity contribution in [3.05, 3.63) is 125 Å². The Labute approximate surface area is 274 Å². The number of halogens is 2. The molecule has 8 nitrogen and oxygen atoms in total. The number of ether oxygens (including phenoxy) is 1. The molecule has 4 aromatic carbocycles. The van der Waals surface area contributed by atoms with Crippen molar-refractivity contribution in [1.82, 2.24) is 10.2 Å². The maximum atomic E-state index is 14.5. The van der Waals surface area contributed by atoms with E-state index in [2.05, 4.69) is 5.32 Å². The first-order valence-electron chi connectivity index (χ1n) is 14.8. The molecule has 46 heavy (non-hydrogen) atoms. The predicted octanol–water partition coefficient (Wildman–Crippen LogP) is 6.24. The molecule has 0 spiro atoms. The van der Waals surface area contributed by atoms with E-state index in [-0.39, 0.29) is 35.5 Å². The molecule has 242 valence electrons.